The number of rotatable bonds is 28. The second kappa shape index (κ2) is 23.5. The molecule has 8 heteroatoms. The Kier molecular flexibility index (Phi) is 20.7. The topological polar surface area (TPSA) is 92.7 Å². The lowest BCUT2D eigenvalue weighted by molar-refractivity contribution is -0.138. The Labute approximate surface area is 292 Å². The van der Waals surface area contributed by atoms with Gasteiger partial charge in [-0.3, -0.25) is 4.79 Å². The number of fused-ring (bicyclic) bond motifs is 1. The monoisotopic (exact) mass is 679 g/mol. The molecule has 0 saturated carbocycles. The fraction of sp³-hybridized carbons (Fsp3) is 0.825. The summed E-state index contributed by atoms with van der Waals surface area (Å²) in [6.45, 7) is 22.2. The minimum absolute atomic E-state index is 0.00720. The van der Waals surface area contributed by atoms with Gasteiger partial charge < -0.3 is 33.5 Å². The summed E-state index contributed by atoms with van der Waals surface area (Å²) in [4.78, 5) is 10.4. The van der Waals surface area contributed by atoms with Crippen molar-refractivity contribution in [3.05, 3.63) is 22.3 Å². The fourth-order valence-electron chi connectivity index (χ4n) is 6.60. The molecule has 1 N–H and O–H groups in total. The van der Waals surface area contributed by atoms with Gasteiger partial charge in [-0.1, -0.05) is 72.6 Å². The molecule has 0 spiro atoms. The summed E-state index contributed by atoms with van der Waals surface area (Å²) >= 11 is 0. The van der Waals surface area contributed by atoms with Crippen LogP contribution in [0.1, 0.15) is 128 Å². The van der Waals surface area contributed by atoms with Crippen molar-refractivity contribution < 1.29 is 38.3 Å². The number of benzene rings is 1. The van der Waals surface area contributed by atoms with Gasteiger partial charge in [0.05, 0.1) is 59.3 Å². The number of carboxylic acids is 1. The highest BCUT2D eigenvalue weighted by Crippen LogP contribution is 2.45. The predicted octanol–water partition coefficient (Wildman–Crippen LogP) is 9.05. The predicted molar refractivity (Wildman–Crippen MR) is 194 cm³/mol. The Balaban J connectivity index is 1.64. The maximum Gasteiger partial charge on any atom is 0.305 e. The van der Waals surface area contributed by atoms with Crippen LogP contribution in [-0.4, -0.2) is 76.1 Å². The molecule has 48 heavy (non-hydrogen) atoms. The minimum atomic E-state index is -0.862. The zero-order chi connectivity index (χ0) is 35.4. The van der Waals surface area contributed by atoms with E-state index in [1.807, 2.05) is 0 Å². The maximum absolute atomic E-state index is 10.4. The number of carbonyl (C=O) groups is 1. The van der Waals surface area contributed by atoms with Crippen molar-refractivity contribution in [1.29, 1.82) is 0 Å². The van der Waals surface area contributed by atoms with Crippen LogP contribution in [0.15, 0.2) is 0 Å². The average Bonchev–Trinajstić information content (AvgIpc) is 3.02. The van der Waals surface area contributed by atoms with Crippen LogP contribution < -0.4 is 9.47 Å². The van der Waals surface area contributed by atoms with E-state index in [0.29, 0.717) is 52.9 Å². The van der Waals surface area contributed by atoms with Crippen molar-refractivity contribution in [2.45, 2.75) is 138 Å². The molecule has 2 rings (SSSR count). The van der Waals surface area contributed by atoms with Crippen molar-refractivity contribution in [1.82, 2.24) is 0 Å². The second-order valence-electron chi connectivity index (χ2n) is 14.9. The van der Waals surface area contributed by atoms with Gasteiger partial charge in [0.1, 0.15) is 23.7 Å². The number of ether oxygens (including phenoxy) is 6. The highest BCUT2D eigenvalue weighted by Gasteiger charge is 2.34. The van der Waals surface area contributed by atoms with E-state index in [1.165, 1.54) is 68.1 Å². The van der Waals surface area contributed by atoms with E-state index in [4.69, 9.17) is 33.5 Å². The largest absolute Gasteiger partial charge is 0.491 e. The number of carboxylic acid groups (broad SMARTS) is 1. The van der Waals surface area contributed by atoms with Crippen LogP contribution in [0.4, 0.5) is 0 Å². The third-order valence-electron chi connectivity index (χ3n) is 9.89. The van der Waals surface area contributed by atoms with Crippen LogP contribution in [0.3, 0.4) is 0 Å². The van der Waals surface area contributed by atoms with Gasteiger partial charge in [0.25, 0.3) is 0 Å². The van der Waals surface area contributed by atoms with E-state index in [9.17, 15) is 4.79 Å². The molecule has 0 saturated heterocycles. The lowest BCUT2D eigenvalue weighted by atomic mass is 9.83. The van der Waals surface area contributed by atoms with Crippen molar-refractivity contribution in [2.75, 3.05) is 59.5 Å². The summed E-state index contributed by atoms with van der Waals surface area (Å²) in [6.07, 6.45) is 13.9. The standard InChI is InChI=1S/C40H70O8/c1-30(2)12-9-13-31(3)14-10-15-32(4)16-11-19-40(8)20-17-36-35(7)38(33(5)34(6)39(36)48-40)47-29-28-46-27-26-45-25-24-44-23-22-43-21-18-37(41)42/h30-32H,9-29H2,1-8H3,(H,41,42)/t31-,32-,40-/m1/s1. The van der Waals surface area contributed by atoms with Crippen molar-refractivity contribution in [3.63, 3.8) is 0 Å². The fourth-order valence-corrected chi connectivity index (χ4v) is 6.60. The Morgan fingerprint density at radius 1 is 0.708 bits per heavy atom. The van der Waals surface area contributed by atoms with Crippen molar-refractivity contribution in [3.8, 4) is 11.5 Å². The zero-order valence-electron chi connectivity index (χ0n) is 31.9. The van der Waals surface area contributed by atoms with Crippen LogP contribution in [0.2, 0.25) is 0 Å². The van der Waals surface area contributed by atoms with E-state index in [-0.39, 0.29) is 18.6 Å². The average molecular weight is 679 g/mol. The molecule has 0 aromatic heterocycles. The Bertz CT molecular complexity index is 1040. The molecule has 1 aliphatic rings. The van der Waals surface area contributed by atoms with E-state index >= 15 is 0 Å². The molecule has 1 aromatic carbocycles. The molecule has 0 aliphatic carbocycles. The van der Waals surface area contributed by atoms with Crippen molar-refractivity contribution in [2.24, 2.45) is 17.8 Å². The quantitative estimate of drug-likeness (QED) is 0.0878. The summed E-state index contributed by atoms with van der Waals surface area (Å²) < 4.78 is 34.9. The van der Waals surface area contributed by atoms with Gasteiger partial charge in [-0.15, -0.1) is 0 Å². The molecule has 0 fully saturated rings. The van der Waals surface area contributed by atoms with Crippen LogP contribution >= 0.6 is 0 Å². The molecule has 8 nitrogen and oxygen atoms in total. The normalized spacial score (nSPS) is 17.3. The molecule has 0 radical (unpaired) electrons. The van der Waals surface area contributed by atoms with E-state index < -0.39 is 5.97 Å². The zero-order valence-corrected chi connectivity index (χ0v) is 31.9. The molecular weight excluding hydrogens is 608 g/mol. The van der Waals surface area contributed by atoms with Gasteiger partial charge in [-0.25, -0.2) is 0 Å². The smallest absolute Gasteiger partial charge is 0.305 e. The molecule has 1 aromatic rings. The highest BCUT2D eigenvalue weighted by molar-refractivity contribution is 5.66. The summed E-state index contributed by atoms with van der Waals surface area (Å²) in [5.41, 5.74) is 4.72. The second-order valence-corrected chi connectivity index (χ2v) is 14.9. The highest BCUT2D eigenvalue weighted by atomic mass is 16.6. The lowest BCUT2D eigenvalue weighted by Gasteiger charge is -2.38. The molecule has 0 bridgehead atoms. The summed E-state index contributed by atoms with van der Waals surface area (Å²) in [5, 5.41) is 8.57. The molecule has 1 heterocycles. The summed E-state index contributed by atoms with van der Waals surface area (Å²) in [6, 6.07) is 0. The minimum Gasteiger partial charge on any atom is -0.491 e. The first-order valence-corrected chi connectivity index (χ1v) is 18.9. The number of hydrogen-bond donors (Lipinski definition) is 1. The van der Waals surface area contributed by atoms with E-state index in [1.54, 1.807) is 0 Å². The van der Waals surface area contributed by atoms with Crippen LogP contribution in [0.25, 0.3) is 0 Å². The van der Waals surface area contributed by atoms with Gasteiger partial charge in [0.2, 0.25) is 0 Å². The van der Waals surface area contributed by atoms with Crippen LogP contribution in [-0.2, 0) is 30.2 Å². The Morgan fingerprint density at radius 3 is 1.75 bits per heavy atom. The van der Waals surface area contributed by atoms with Crippen LogP contribution in [0.5, 0.6) is 11.5 Å². The third-order valence-corrected chi connectivity index (χ3v) is 9.89. The molecule has 3 atom stereocenters. The first-order valence-electron chi connectivity index (χ1n) is 18.9. The molecule has 0 amide bonds. The summed E-state index contributed by atoms with van der Waals surface area (Å²) in [7, 11) is 0. The lowest BCUT2D eigenvalue weighted by Crippen LogP contribution is -2.37. The van der Waals surface area contributed by atoms with Gasteiger partial charge >= 0.3 is 5.97 Å². The summed E-state index contributed by atoms with van der Waals surface area (Å²) in [5.74, 6) is 3.65. The van der Waals surface area contributed by atoms with Gasteiger partial charge in [0, 0.05) is 5.56 Å². The number of hydrogen-bond acceptors (Lipinski definition) is 7. The Hall–Kier alpha value is -1.87. The molecular formula is C40H70O8. The SMILES string of the molecule is Cc1c(C)c2c(c(C)c1OCCOCCOCCOCCOCCC(=O)O)CC[C@@](C)(CCC[C@H](C)CCC[C@H](C)CCCC(C)C)O2. The molecule has 1 aliphatic heterocycles. The first-order chi connectivity index (χ1) is 22.9. The third kappa shape index (κ3) is 16.7. The van der Waals surface area contributed by atoms with E-state index in [2.05, 4.69) is 55.4 Å². The number of aliphatic carboxylic acids is 1. The molecule has 278 valence electrons. The van der Waals surface area contributed by atoms with Crippen molar-refractivity contribution >= 4 is 5.97 Å². The maximum atomic E-state index is 10.4. The molecule has 0 unspecified atom stereocenters. The van der Waals surface area contributed by atoms with E-state index in [0.717, 1.165) is 54.1 Å². The van der Waals surface area contributed by atoms with Gasteiger partial charge in [0.15, 0.2) is 0 Å². The first kappa shape index (κ1) is 42.3. The van der Waals surface area contributed by atoms with Crippen LogP contribution in [0, 0.1) is 38.5 Å². The van der Waals surface area contributed by atoms with Gasteiger partial charge in [-0.2, -0.15) is 0 Å². The Morgan fingerprint density at radius 2 is 1.21 bits per heavy atom. The van der Waals surface area contributed by atoms with Gasteiger partial charge in [-0.05, 0) is 87.8 Å².